The predicted molar refractivity (Wildman–Crippen MR) is 90.7 cm³/mol. The number of rotatable bonds is 3. The highest BCUT2D eigenvalue weighted by Gasteiger charge is 2.15. The van der Waals surface area contributed by atoms with Gasteiger partial charge in [-0.3, -0.25) is 0 Å². The van der Waals surface area contributed by atoms with Crippen molar-refractivity contribution >= 4 is 20.0 Å². The SMILES string of the molecule is Cc1ccc(S(=O)(=S)Oc2ccc(C(C)(C)C)cc2)cc1. The molecule has 0 radical (unpaired) electrons. The zero-order valence-electron chi connectivity index (χ0n) is 12.8. The van der Waals surface area contributed by atoms with Crippen LogP contribution in [0.25, 0.3) is 0 Å². The van der Waals surface area contributed by atoms with E-state index < -0.39 is 8.77 Å². The van der Waals surface area contributed by atoms with Crippen LogP contribution in [-0.2, 0) is 25.4 Å². The first-order valence-electron chi connectivity index (χ1n) is 6.80. The molecule has 0 fully saturated rings. The van der Waals surface area contributed by atoms with Gasteiger partial charge in [-0.05, 0) is 42.2 Å². The van der Waals surface area contributed by atoms with E-state index >= 15 is 0 Å². The maximum absolute atomic E-state index is 12.5. The smallest absolute Gasteiger partial charge is 0.215 e. The molecule has 21 heavy (non-hydrogen) atoms. The van der Waals surface area contributed by atoms with Crippen molar-refractivity contribution in [3.63, 3.8) is 0 Å². The monoisotopic (exact) mass is 320 g/mol. The van der Waals surface area contributed by atoms with Crippen LogP contribution in [0.4, 0.5) is 0 Å². The Balaban J connectivity index is 2.23. The highest BCUT2D eigenvalue weighted by Crippen LogP contribution is 2.26. The second-order valence-corrected chi connectivity index (χ2v) is 8.99. The lowest BCUT2D eigenvalue weighted by Gasteiger charge is -2.19. The lowest BCUT2D eigenvalue weighted by Crippen LogP contribution is -2.11. The molecule has 1 unspecified atom stereocenters. The molecule has 2 aromatic rings. The summed E-state index contributed by atoms with van der Waals surface area (Å²) in [6.07, 6.45) is 0. The van der Waals surface area contributed by atoms with Crippen molar-refractivity contribution in [1.82, 2.24) is 0 Å². The summed E-state index contributed by atoms with van der Waals surface area (Å²) < 4.78 is 18.1. The highest BCUT2D eigenvalue weighted by molar-refractivity contribution is 8.30. The number of hydrogen-bond acceptors (Lipinski definition) is 3. The van der Waals surface area contributed by atoms with Crippen LogP contribution in [0.15, 0.2) is 53.4 Å². The normalized spacial score (nSPS) is 14.5. The molecular formula is C17H20O2S2. The van der Waals surface area contributed by atoms with Crippen LogP contribution in [-0.4, -0.2) is 4.21 Å². The van der Waals surface area contributed by atoms with Crippen molar-refractivity contribution in [3.8, 4) is 5.75 Å². The summed E-state index contributed by atoms with van der Waals surface area (Å²) in [4.78, 5) is 0.531. The summed E-state index contributed by atoms with van der Waals surface area (Å²) >= 11 is 5.15. The maximum Gasteiger partial charge on any atom is 0.215 e. The molecule has 0 aliphatic heterocycles. The molecule has 0 aromatic heterocycles. The number of aryl methyl sites for hydroxylation is 1. The van der Waals surface area contributed by atoms with Crippen LogP contribution in [0.3, 0.4) is 0 Å². The topological polar surface area (TPSA) is 26.3 Å². The largest absolute Gasteiger partial charge is 0.397 e. The molecule has 2 nitrogen and oxygen atoms in total. The van der Waals surface area contributed by atoms with E-state index in [-0.39, 0.29) is 5.41 Å². The van der Waals surface area contributed by atoms with Gasteiger partial charge in [0.1, 0.15) is 5.75 Å². The Hall–Kier alpha value is -1.39. The van der Waals surface area contributed by atoms with Crippen LogP contribution in [0.1, 0.15) is 31.9 Å². The Kier molecular flexibility index (Phi) is 4.40. The zero-order valence-corrected chi connectivity index (χ0v) is 14.4. The van der Waals surface area contributed by atoms with Crippen molar-refractivity contribution in [3.05, 3.63) is 59.7 Å². The molecule has 4 heteroatoms. The summed E-state index contributed by atoms with van der Waals surface area (Å²) in [6.45, 7) is 8.41. The molecule has 0 aliphatic rings. The Bertz CT molecular complexity index is 707. The molecule has 0 spiro atoms. The van der Waals surface area contributed by atoms with Crippen LogP contribution in [0.2, 0.25) is 0 Å². The molecule has 0 N–H and O–H groups in total. The molecule has 2 rings (SSSR count). The quantitative estimate of drug-likeness (QED) is 0.839. The third kappa shape index (κ3) is 4.05. The first-order valence-corrected chi connectivity index (χ1v) is 9.21. The van der Waals surface area contributed by atoms with Crippen molar-refractivity contribution in [2.24, 2.45) is 0 Å². The van der Waals surface area contributed by atoms with Gasteiger partial charge in [-0.15, -0.1) is 0 Å². The van der Waals surface area contributed by atoms with Gasteiger partial charge in [0.25, 0.3) is 0 Å². The fourth-order valence-corrected chi connectivity index (χ4v) is 3.39. The van der Waals surface area contributed by atoms with E-state index in [4.69, 9.17) is 15.4 Å². The summed E-state index contributed by atoms with van der Waals surface area (Å²) in [5.74, 6) is 0.531. The van der Waals surface area contributed by atoms with E-state index in [2.05, 4.69) is 20.8 Å². The predicted octanol–water partition coefficient (Wildman–Crippen LogP) is 4.39. The van der Waals surface area contributed by atoms with Gasteiger partial charge in [0.05, 0.1) is 4.90 Å². The average molecular weight is 320 g/mol. The van der Waals surface area contributed by atoms with Gasteiger partial charge in [-0.25, -0.2) is 4.21 Å². The third-order valence-corrected chi connectivity index (χ3v) is 5.28. The van der Waals surface area contributed by atoms with Gasteiger partial charge >= 0.3 is 0 Å². The zero-order chi connectivity index (χ0) is 15.7. The van der Waals surface area contributed by atoms with Crippen LogP contribution >= 0.6 is 0 Å². The number of benzene rings is 2. The molecule has 1 atom stereocenters. The van der Waals surface area contributed by atoms with Crippen molar-refractivity contribution in [2.45, 2.75) is 38.0 Å². The van der Waals surface area contributed by atoms with Crippen LogP contribution < -0.4 is 4.18 Å². The van der Waals surface area contributed by atoms with Crippen molar-refractivity contribution in [2.75, 3.05) is 0 Å². The minimum atomic E-state index is -2.95. The summed E-state index contributed by atoms with van der Waals surface area (Å²) in [7, 11) is -2.95. The lowest BCUT2D eigenvalue weighted by atomic mass is 9.87. The minimum absolute atomic E-state index is 0.0743. The molecule has 0 saturated heterocycles. The summed E-state index contributed by atoms with van der Waals surface area (Å²) in [5, 5.41) is 0. The van der Waals surface area contributed by atoms with E-state index in [0.717, 1.165) is 5.56 Å². The standard InChI is InChI=1S/C17H20O2S2/c1-13-5-11-16(12-6-13)21(18,20)19-15-9-7-14(8-10-15)17(2,3)4/h5-12H,1-4H3. The minimum Gasteiger partial charge on any atom is -0.397 e. The first kappa shape index (κ1) is 16.0. The lowest BCUT2D eigenvalue weighted by molar-refractivity contribution is 0.556. The molecule has 0 amide bonds. The molecule has 0 aliphatic carbocycles. The molecule has 0 heterocycles. The Morgan fingerprint density at radius 2 is 1.48 bits per heavy atom. The second-order valence-electron chi connectivity index (χ2n) is 6.12. The average Bonchev–Trinajstić information content (AvgIpc) is 2.38. The molecule has 0 bridgehead atoms. The van der Waals surface area contributed by atoms with Crippen LogP contribution in [0, 0.1) is 6.92 Å². The van der Waals surface area contributed by atoms with Gasteiger partial charge in [-0.2, -0.15) is 0 Å². The third-order valence-electron chi connectivity index (χ3n) is 3.24. The molecule has 0 saturated carbocycles. The van der Waals surface area contributed by atoms with Gasteiger partial charge in [0.2, 0.25) is 8.77 Å². The fraction of sp³-hybridized carbons (Fsp3) is 0.294. The summed E-state index contributed by atoms with van der Waals surface area (Å²) in [6, 6.07) is 14.9. The number of hydrogen-bond donors (Lipinski definition) is 0. The van der Waals surface area contributed by atoms with E-state index in [1.807, 2.05) is 43.3 Å². The highest BCUT2D eigenvalue weighted by atomic mass is 32.8. The van der Waals surface area contributed by atoms with Gasteiger partial charge in [0.15, 0.2) is 0 Å². The van der Waals surface area contributed by atoms with Crippen molar-refractivity contribution in [1.29, 1.82) is 0 Å². The van der Waals surface area contributed by atoms with E-state index in [9.17, 15) is 4.21 Å². The van der Waals surface area contributed by atoms with E-state index in [0.29, 0.717) is 10.6 Å². The first-order chi connectivity index (χ1) is 9.68. The Morgan fingerprint density at radius 3 is 1.95 bits per heavy atom. The summed E-state index contributed by atoms with van der Waals surface area (Å²) in [5.41, 5.74) is 2.37. The Morgan fingerprint density at radius 1 is 0.952 bits per heavy atom. The second kappa shape index (κ2) is 5.78. The fourth-order valence-electron chi connectivity index (χ4n) is 1.89. The van der Waals surface area contributed by atoms with E-state index in [1.54, 1.807) is 12.1 Å². The molecule has 112 valence electrons. The van der Waals surface area contributed by atoms with Gasteiger partial charge < -0.3 is 4.18 Å². The molecule has 2 aromatic carbocycles. The van der Waals surface area contributed by atoms with E-state index in [1.165, 1.54) is 5.56 Å². The van der Waals surface area contributed by atoms with Gasteiger partial charge in [0, 0.05) is 11.2 Å². The van der Waals surface area contributed by atoms with Gasteiger partial charge in [-0.1, -0.05) is 50.6 Å². The molecular weight excluding hydrogens is 300 g/mol. The maximum atomic E-state index is 12.5. The Labute approximate surface area is 132 Å². The van der Waals surface area contributed by atoms with Crippen LogP contribution in [0.5, 0.6) is 5.75 Å². The van der Waals surface area contributed by atoms with Crippen molar-refractivity contribution < 1.29 is 8.39 Å².